The van der Waals surface area contributed by atoms with Crippen molar-refractivity contribution in [2.75, 3.05) is 20.1 Å². The van der Waals surface area contributed by atoms with Gasteiger partial charge in [0.2, 0.25) is 5.91 Å². The van der Waals surface area contributed by atoms with Gasteiger partial charge in [-0.25, -0.2) is 4.98 Å². The van der Waals surface area contributed by atoms with Gasteiger partial charge in [-0.15, -0.1) is 11.3 Å². The minimum Gasteiger partial charge on any atom is -0.487 e. The Morgan fingerprint density at radius 3 is 2.88 bits per heavy atom. The molecule has 1 aliphatic heterocycles. The molecule has 6 nitrogen and oxygen atoms in total. The Balaban J connectivity index is 1.42. The van der Waals surface area contributed by atoms with Gasteiger partial charge in [0, 0.05) is 17.5 Å². The zero-order valence-corrected chi connectivity index (χ0v) is 19.4. The SMILES string of the molecule is Cc1nc(COc2cccc(/C=C/C(=O)N(Cc3ccco3)C3CCN(C)CC3)c2)cs1. The fourth-order valence-corrected chi connectivity index (χ4v) is 4.46. The number of aryl methyl sites for hydroxylation is 1. The summed E-state index contributed by atoms with van der Waals surface area (Å²) in [6.07, 6.45) is 7.10. The van der Waals surface area contributed by atoms with Crippen molar-refractivity contribution in [2.45, 2.75) is 39.0 Å². The summed E-state index contributed by atoms with van der Waals surface area (Å²) in [5.41, 5.74) is 1.85. The molecule has 0 unspecified atom stereocenters. The Kier molecular flexibility index (Phi) is 7.39. The lowest BCUT2D eigenvalue weighted by Crippen LogP contribution is -2.45. The minimum atomic E-state index is 0.000206. The lowest BCUT2D eigenvalue weighted by Gasteiger charge is -2.36. The highest BCUT2D eigenvalue weighted by molar-refractivity contribution is 7.09. The molecule has 0 N–H and O–H groups in total. The van der Waals surface area contributed by atoms with Crippen molar-refractivity contribution in [3.05, 3.63) is 76.1 Å². The maximum absolute atomic E-state index is 13.2. The van der Waals surface area contributed by atoms with Crippen molar-refractivity contribution in [2.24, 2.45) is 0 Å². The van der Waals surface area contributed by atoms with Crippen LogP contribution >= 0.6 is 11.3 Å². The molecule has 168 valence electrons. The van der Waals surface area contributed by atoms with Gasteiger partial charge in [-0.1, -0.05) is 12.1 Å². The zero-order chi connectivity index (χ0) is 22.3. The summed E-state index contributed by atoms with van der Waals surface area (Å²) in [6, 6.07) is 11.8. The van der Waals surface area contributed by atoms with E-state index in [1.807, 2.05) is 59.7 Å². The van der Waals surface area contributed by atoms with E-state index in [1.165, 1.54) is 0 Å². The first-order valence-corrected chi connectivity index (χ1v) is 11.8. The van der Waals surface area contributed by atoms with Crippen LogP contribution in [0.2, 0.25) is 0 Å². The van der Waals surface area contributed by atoms with E-state index in [0.717, 1.165) is 53.7 Å². The number of carbonyl (C=O) groups excluding carboxylic acids is 1. The van der Waals surface area contributed by atoms with Gasteiger partial charge < -0.3 is 19.0 Å². The molecule has 0 aliphatic carbocycles. The van der Waals surface area contributed by atoms with Crippen LogP contribution in [-0.4, -0.2) is 46.9 Å². The molecule has 0 saturated carbocycles. The van der Waals surface area contributed by atoms with E-state index >= 15 is 0 Å². The number of ether oxygens (including phenoxy) is 1. The summed E-state index contributed by atoms with van der Waals surface area (Å²) in [6.45, 7) is 4.89. The number of furan rings is 1. The summed E-state index contributed by atoms with van der Waals surface area (Å²) in [5.74, 6) is 1.56. The van der Waals surface area contributed by atoms with Crippen LogP contribution in [-0.2, 0) is 17.9 Å². The molecule has 1 aromatic carbocycles. The number of likely N-dealkylation sites (tertiary alicyclic amines) is 1. The van der Waals surface area contributed by atoms with Crippen LogP contribution in [0.5, 0.6) is 5.75 Å². The average molecular weight is 452 g/mol. The third kappa shape index (κ3) is 6.08. The van der Waals surface area contributed by atoms with Crippen LogP contribution in [0.25, 0.3) is 6.08 Å². The topological polar surface area (TPSA) is 58.8 Å². The number of rotatable bonds is 8. The van der Waals surface area contributed by atoms with E-state index < -0.39 is 0 Å². The third-order valence-corrected chi connectivity index (χ3v) is 6.47. The van der Waals surface area contributed by atoms with E-state index in [9.17, 15) is 4.79 Å². The molecule has 1 fully saturated rings. The molecule has 0 atom stereocenters. The van der Waals surface area contributed by atoms with Crippen molar-refractivity contribution in [1.82, 2.24) is 14.8 Å². The monoisotopic (exact) mass is 451 g/mol. The van der Waals surface area contributed by atoms with Gasteiger partial charge in [-0.3, -0.25) is 4.79 Å². The van der Waals surface area contributed by atoms with E-state index in [2.05, 4.69) is 16.9 Å². The third-order valence-electron chi connectivity index (χ3n) is 5.65. The molecule has 32 heavy (non-hydrogen) atoms. The van der Waals surface area contributed by atoms with Crippen molar-refractivity contribution < 1.29 is 13.9 Å². The molecule has 4 rings (SSSR count). The normalized spacial score (nSPS) is 15.3. The molecule has 2 aromatic heterocycles. The van der Waals surface area contributed by atoms with Gasteiger partial charge in [-0.05, 0) is 75.8 Å². The highest BCUT2D eigenvalue weighted by Gasteiger charge is 2.26. The lowest BCUT2D eigenvalue weighted by molar-refractivity contribution is -0.130. The van der Waals surface area contributed by atoms with E-state index in [0.29, 0.717) is 13.2 Å². The maximum atomic E-state index is 13.2. The smallest absolute Gasteiger partial charge is 0.247 e. The average Bonchev–Trinajstić information content (AvgIpc) is 3.47. The highest BCUT2D eigenvalue weighted by Crippen LogP contribution is 2.21. The standard InChI is InChI=1S/C25H29N3O3S/c1-19-26-21(18-32-19)17-31-23-6-3-5-20(15-23)8-9-25(29)28(16-24-7-4-14-30-24)22-10-12-27(2)13-11-22/h3-9,14-15,18,22H,10-13,16-17H2,1-2H3/b9-8+. The number of piperidine rings is 1. The Bertz CT molecular complexity index is 1040. The Morgan fingerprint density at radius 2 is 2.16 bits per heavy atom. The van der Waals surface area contributed by atoms with E-state index in [1.54, 1.807) is 23.7 Å². The molecule has 3 aromatic rings. The number of thiazole rings is 1. The second-order valence-corrected chi connectivity index (χ2v) is 9.19. The second-order valence-electron chi connectivity index (χ2n) is 8.13. The summed E-state index contributed by atoms with van der Waals surface area (Å²) in [4.78, 5) is 21.8. The number of hydrogen-bond acceptors (Lipinski definition) is 6. The number of aromatic nitrogens is 1. The van der Waals surface area contributed by atoms with Gasteiger partial charge in [0.1, 0.15) is 18.1 Å². The van der Waals surface area contributed by atoms with Crippen LogP contribution in [0.1, 0.15) is 34.9 Å². The van der Waals surface area contributed by atoms with Crippen molar-refractivity contribution in [3.63, 3.8) is 0 Å². The van der Waals surface area contributed by atoms with Crippen LogP contribution in [0, 0.1) is 6.92 Å². The number of carbonyl (C=O) groups is 1. The second kappa shape index (κ2) is 10.6. The van der Waals surface area contributed by atoms with Gasteiger partial charge in [0.25, 0.3) is 0 Å². The van der Waals surface area contributed by atoms with E-state index in [-0.39, 0.29) is 11.9 Å². The molecule has 3 heterocycles. The Morgan fingerprint density at radius 1 is 1.31 bits per heavy atom. The summed E-state index contributed by atoms with van der Waals surface area (Å²) < 4.78 is 11.4. The first-order chi connectivity index (χ1) is 15.6. The molecule has 1 saturated heterocycles. The van der Waals surface area contributed by atoms with Gasteiger partial charge in [0.15, 0.2) is 0 Å². The fourth-order valence-electron chi connectivity index (χ4n) is 3.87. The highest BCUT2D eigenvalue weighted by atomic mass is 32.1. The quantitative estimate of drug-likeness (QED) is 0.462. The summed E-state index contributed by atoms with van der Waals surface area (Å²) in [5, 5.41) is 3.04. The van der Waals surface area contributed by atoms with E-state index in [4.69, 9.17) is 9.15 Å². The number of hydrogen-bond donors (Lipinski definition) is 0. The van der Waals surface area contributed by atoms with Crippen molar-refractivity contribution >= 4 is 23.3 Å². The molecule has 1 amide bonds. The van der Waals surface area contributed by atoms with Crippen LogP contribution in [0.3, 0.4) is 0 Å². The molecular formula is C25H29N3O3S. The van der Waals surface area contributed by atoms with Crippen LogP contribution in [0.15, 0.2) is 58.5 Å². The maximum Gasteiger partial charge on any atom is 0.247 e. The van der Waals surface area contributed by atoms with Gasteiger partial charge >= 0.3 is 0 Å². The lowest BCUT2D eigenvalue weighted by atomic mass is 10.0. The number of amides is 1. The van der Waals surface area contributed by atoms with Crippen molar-refractivity contribution in [3.8, 4) is 5.75 Å². The van der Waals surface area contributed by atoms with Gasteiger partial charge in [-0.2, -0.15) is 0 Å². The van der Waals surface area contributed by atoms with Crippen molar-refractivity contribution in [1.29, 1.82) is 0 Å². The number of benzene rings is 1. The molecular weight excluding hydrogens is 422 g/mol. The van der Waals surface area contributed by atoms with Crippen LogP contribution < -0.4 is 4.74 Å². The summed E-state index contributed by atoms with van der Waals surface area (Å²) in [7, 11) is 2.12. The molecule has 1 aliphatic rings. The molecule has 0 spiro atoms. The predicted molar refractivity (Wildman–Crippen MR) is 126 cm³/mol. The first-order valence-electron chi connectivity index (χ1n) is 10.9. The van der Waals surface area contributed by atoms with Gasteiger partial charge in [0.05, 0.1) is 23.5 Å². The fraction of sp³-hybridized carbons (Fsp3) is 0.360. The Labute approximate surface area is 193 Å². The molecule has 7 heteroatoms. The largest absolute Gasteiger partial charge is 0.487 e. The first kappa shape index (κ1) is 22.3. The summed E-state index contributed by atoms with van der Waals surface area (Å²) >= 11 is 1.62. The molecule has 0 radical (unpaired) electrons. The zero-order valence-electron chi connectivity index (χ0n) is 18.6. The Hall–Kier alpha value is -2.90. The molecule has 0 bridgehead atoms. The predicted octanol–water partition coefficient (Wildman–Crippen LogP) is 4.76. The minimum absolute atomic E-state index is 0.000206. The number of nitrogens with zero attached hydrogens (tertiary/aromatic N) is 3. The van der Waals surface area contributed by atoms with Crippen LogP contribution in [0.4, 0.5) is 0 Å².